The van der Waals surface area contributed by atoms with Crippen LogP contribution >= 0.6 is 0 Å². The lowest BCUT2D eigenvalue weighted by molar-refractivity contribution is -0.0153. The standard InChI is InChI=1S/C10H14N4O4/c1-5(15)8(16)14-4-11-7-6(14)9(17)13(3)10(18)12(7)2/h4-5,8,15-16H,1-3H3. The Balaban J connectivity index is 2.90. The molecule has 0 saturated carbocycles. The normalized spacial score (nSPS) is 14.9. The lowest BCUT2D eigenvalue weighted by atomic mass is 10.3. The molecule has 2 N–H and O–H groups in total. The van der Waals surface area contributed by atoms with Crippen LogP contribution in [-0.4, -0.2) is 35.0 Å². The van der Waals surface area contributed by atoms with Gasteiger partial charge >= 0.3 is 5.69 Å². The maximum Gasteiger partial charge on any atom is 0.332 e. The van der Waals surface area contributed by atoms with E-state index in [2.05, 4.69) is 4.98 Å². The molecule has 0 aliphatic rings. The van der Waals surface area contributed by atoms with E-state index >= 15 is 0 Å². The fraction of sp³-hybridized carbons (Fsp3) is 0.500. The van der Waals surface area contributed by atoms with Gasteiger partial charge in [0.1, 0.15) is 0 Å². The third kappa shape index (κ3) is 1.57. The van der Waals surface area contributed by atoms with Gasteiger partial charge in [-0.3, -0.25) is 18.5 Å². The van der Waals surface area contributed by atoms with E-state index in [1.54, 1.807) is 0 Å². The minimum Gasteiger partial charge on any atom is -0.389 e. The molecule has 0 bridgehead atoms. The first-order valence-corrected chi connectivity index (χ1v) is 5.35. The van der Waals surface area contributed by atoms with Crippen LogP contribution in [0.5, 0.6) is 0 Å². The summed E-state index contributed by atoms with van der Waals surface area (Å²) in [6, 6.07) is 0. The maximum absolute atomic E-state index is 12.0. The zero-order valence-electron chi connectivity index (χ0n) is 10.2. The number of aromatic nitrogens is 4. The van der Waals surface area contributed by atoms with Crippen molar-refractivity contribution in [1.82, 2.24) is 18.7 Å². The molecule has 0 aliphatic carbocycles. The van der Waals surface area contributed by atoms with Crippen LogP contribution < -0.4 is 11.2 Å². The van der Waals surface area contributed by atoms with Gasteiger partial charge in [-0.2, -0.15) is 0 Å². The van der Waals surface area contributed by atoms with Crippen molar-refractivity contribution in [3.63, 3.8) is 0 Å². The Labute approximate surface area is 101 Å². The predicted molar refractivity (Wildman–Crippen MR) is 63.2 cm³/mol. The van der Waals surface area contributed by atoms with Crippen molar-refractivity contribution >= 4 is 11.2 Å². The van der Waals surface area contributed by atoms with E-state index < -0.39 is 23.6 Å². The van der Waals surface area contributed by atoms with Crippen LogP contribution in [0.25, 0.3) is 11.2 Å². The summed E-state index contributed by atoms with van der Waals surface area (Å²) >= 11 is 0. The van der Waals surface area contributed by atoms with Gasteiger partial charge in [0.15, 0.2) is 17.4 Å². The Morgan fingerprint density at radius 1 is 1.22 bits per heavy atom. The summed E-state index contributed by atoms with van der Waals surface area (Å²) in [5.41, 5.74) is -0.814. The molecule has 2 aromatic rings. The lowest BCUT2D eigenvalue weighted by Crippen LogP contribution is -2.38. The molecule has 18 heavy (non-hydrogen) atoms. The monoisotopic (exact) mass is 254 g/mol. The summed E-state index contributed by atoms with van der Waals surface area (Å²) in [5, 5.41) is 19.2. The molecule has 2 atom stereocenters. The number of fused-ring (bicyclic) bond motifs is 1. The first-order chi connectivity index (χ1) is 8.36. The van der Waals surface area contributed by atoms with E-state index in [0.717, 1.165) is 9.13 Å². The molecular formula is C10H14N4O4. The summed E-state index contributed by atoms with van der Waals surface area (Å²) in [6.07, 6.45) is -1.13. The molecule has 0 amide bonds. The van der Waals surface area contributed by atoms with Gasteiger partial charge in [-0.15, -0.1) is 0 Å². The van der Waals surface area contributed by atoms with Crippen LogP contribution in [-0.2, 0) is 14.1 Å². The van der Waals surface area contributed by atoms with Gasteiger partial charge in [0, 0.05) is 14.1 Å². The topological polar surface area (TPSA) is 102 Å². The van der Waals surface area contributed by atoms with Crippen LogP contribution in [0.15, 0.2) is 15.9 Å². The minimum absolute atomic E-state index is 0.0769. The summed E-state index contributed by atoms with van der Waals surface area (Å²) < 4.78 is 3.29. The average Bonchev–Trinajstić information content (AvgIpc) is 2.77. The van der Waals surface area contributed by atoms with Crippen molar-refractivity contribution in [2.45, 2.75) is 19.3 Å². The highest BCUT2D eigenvalue weighted by atomic mass is 16.3. The van der Waals surface area contributed by atoms with Gasteiger partial charge in [-0.05, 0) is 6.92 Å². The fourth-order valence-electron chi connectivity index (χ4n) is 1.80. The Kier molecular flexibility index (Phi) is 2.83. The Bertz CT molecular complexity index is 709. The SMILES string of the molecule is CC(O)C(O)n1cnc2c1c(=O)n(C)c(=O)n2C. The van der Waals surface area contributed by atoms with E-state index in [0.29, 0.717) is 0 Å². The predicted octanol–water partition coefficient (Wildman–Crippen LogP) is -1.69. The fourth-order valence-corrected chi connectivity index (χ4v) is 1.80. The highest BCUT2D eigenvalue weighted by Gasteiger charge is 2.20. The van der Waals surface area contributed by atoms with Crippen molar-refractivity contribution in [2.75, 3.05) is 0 Å². The second kappa shape index (κ2) is 4.07. The number of aryl methyl sites for hydroxylation is 1. The average molecular weight is 254 g/mol. The van der Waals surface area contributed by atoms with Gasteiger partial charge in [-0.1, -0.05) is 0 Å². The maximum atomic E-state index is 12.0. The number of aliphatic hydroxyl groups is 2. The zero-order valence-corrected chi connectivity index (χ0v) is 10.2. The summed E-state index contributed by atoms with van der Waals surface area (Å²) in [4.78, 5) is 27.6. The largest absolute Gasteiger partial charge is 0.389 e. The van der Waals surface area contributed by atoms with Crippen molar-refractivity contribution in [3.8, 4) is 0 Å². The smallest absolute Gasteiger partial charge is 0.332 e. The number of hydrogen-bond acceptors (Lipinski definition) is 5. The number of aliphatic hydroxyl groups excluding tert-OH is 2. The van der Waals surface area contributed by atoms with Gasteiger partial charge in [0.05, 0.1) is 12.4 Å². The van der Waals surface area contributed by atoms with Crippen molar-refractivity contribution in [1.29, 1.82) is 0 Å². The molecule has 0 fully saturated rings. The third-order valence-electron chi connectivity index (χ3n) is 2.89. The van der Waals surface area contributed by atoms with E-state index in [9.17, 15) is 19.8 Å². The summed E-state index contributed by atoms with van der Waals surface area (Å²) in [5.74, 6) is 0. The molecule has 0 aromatic carbocycles. The van der Waals surface area contributed by atoms with Crippen molar-refractivity contribution in [3.05, 3.63) is 27.2 Å². The highest BCUT2D eigenvalue weighted by molar-refractivity contribution is 5.70. The van der Waals surface area contributed by atoms with Gasteiger partial charge < -0.3 is 10.2 Å². The molecule has 8 heteroatoms. The van der Waals surface area contributed by atoms with Gasteiger partial charge in [-0.25, -0.2) is 9.78 Å². The zero-order chi connectivity index (χ0) is 13.6. The lowest BCUT2D eigenvalue weighted by Gasteiger charge is -2.15. The Morgan fingerprint density at radius 2 is 1.83 bits per heavy atom. The van der Waals surface area contributed by atoms with Crippen LogP contribution in [0, 0.1) is 0 Å². The molecular weight excluding hydrogens is 240 g/mol. The van der Waals surface area contributed by atoms with Crippen LogP contribution in [0.2, 0.25) is 0 Å². The van der Waals surface area contributed by atoms with E-state index in [-0.39, 0.29) is 11.2 Å². The molecule has 2 unspecified atom stereocenters. The van der Waals surface area contributed by atoms with Crippen molar-refractivity contribution in [2.24, 2.45) is 14.1 Å². The molecule has 0 spiro atoms. The van der Waals surface area contributed by atoms with Crippen LogP contribution in [0.1, 0.15) is 13.2 Å². The number of hydrogen-bond donors (Lipinski definition) is 2. The second-order valence-corrected chi connectivity index (χ2v) is 4.18. The number of imidazole rings is 1. The van der Waals surface area contributed by atoms with Gasteiger partial charge in [0.2, 0.25) is 0 Å². The van der Waals surface area contributed by atoms with E-state index in [1.165, 1.54) is 31.9 Å². The molecule has 2 rings (SSSR count). The third-order valence-corrected chi connectivity index (χ3v) is 2.89. The first kappa shape index (κ1) is 12.5. The van der Waals surface area contributed by atoms with Gasteiger partial charge in [0.25, 0.3) is 5.56 Å². The molecule has 2 heterocycles. The summed E-state index contributed by atoms with van der Waals surface area (Å²) in [6.45, 7) is 1.39. The molecule has 2 aromatic heterocycles. The first-order valence-electron chi connectivity index (χ1n) is 5.35. The number of rotatable bonds is 2. The highest BCUT2D eigenvalue weighted by Crippen LogP contribution is 2.13. The quantitative estimate of drug-likeness (QED) is 0.665. The minimum atomic E-state index is -1.29. The molecule has 0 aliphatic heterocycles. The van der Waals surface area contributed by atoms with Crippen LogP contribution in [0.4, 0.5) is 0 Å². The molecule has 98 valence electrons. The second-order valence-electron chi connectivity index (χ2n) is 4.18. The molecule has 0 radical (unpaired) electrons. The molecule has 8 nitrogen and oxygen atoms in total. The van der Waals surface area contributed by atoms with Crippen LogP contribution in [0.3, 0.4) is 0 Å². The molecule has 0 saturated heterocycles. The Morgan fingerprint density at radius 3 is 2.39 bits per heavy atom. The van der Waals surface area contributed by atoms with Crippen molar-refractivity contribution < 1.29 is 10.2 Å². The summed E-state index contributed by atoms with van der Waals surface area (Å²) in [7, 11) is 2.83. The van der Waals surface area contributed by atoms with E-state index in [1.807, 2.05) is 0 Å². The van der Waals surface area contributed by atoms with E-state index in [4.69, 9.17) is 0 Å². The number of nitrogens with zero attached hydrogens (tertiary/aromatic N) is 4. The Hall–Kier alpha value is -1.93.